The van der Waals surface area contributed by atoms with Crippen LogP contribution in [0.25, 0.3) is 33.7 Å². The molecule has 1 aliphatic carbocycles. The molecule has 1 saturated carbocycles. The van der Waals surface area contributed by atoms with Gasteiger partial charge in [0.15, 0.2) is 5.82 Å². The second-order valence-corrected chi connectivity index (χ2v) is 8.66. The van der Waals surface area contributed by atoms with Crippen molar-refractivity contribution in [1.29, 1.82) is 0 Å². The Morgan fingerprint density at radius 3 is 2.51 bits per heavy atom. The Morgan fingerprint density at radius 2 is 1.83 bits per heavy atom. The molecular formula is C25H21F3N4O3. The molecule has 0 aliphatic heterocycles. The summed E-state index contributed by atoms with van der Waals surface area (Å²) in [6.07, 6.45) is 6.20. The van der Waals surface area contributed by atoms with E-state index in [2.05, 4.69) is 19.9 Å². The number of aromatic nitrogens is 4. The fourth-order valence-electron chi connectivity index (χ4n) is 4.43. The summed E-state index contributed by atoms with van der Waals surface area (Å²) in [7, 11) is 0. The first-order chi connectivity index (χ1) is 16.9. The van der Waals surface area contributed by atoms with Crippen LogP contribution in [0.3, 0.4) is 0 Å². The van der Waals surface area contributed by atoms with Crippen molar-refractivity contribution in [3.05, 3.63) is 60.2 Å². The molecule has 0 amide bonds. The van der Waals surface area contributed by atoms with Crippen LogP contribution in [-0.2, 0) is 4.79 Å². The molecule has 2 aromatic carbocycles. The fraction of sp³-hybridized carbons (Fsp3) is 0.280. The predicted molar refractivity (Wildman–Crippen MR) is 121 cm³/mol. The molecule has 0 saturated heterocycles. The van der Waals surface area contributed by atoms with Crippen molar-refractivity contribution in [2.24, 2.45) is 5.92 Å². The van der Waals surface area contributed by atoms with E-state index in [-0.39, 0.29) is 40.9 Å². The highest BCUT2D eigenvalue weighted by Gasteiger charge is 2.24. The molecule has 35 heavy (non-hydrogen) atoms. The monoisotopic (exact) mass is 482 g/mol. The number of nitrogens with one attached hydrogen (secondary N) is 1. The molecule has 0 spiro atoms. The highest BCUT2D eigenvalue weighted by molar-refractivity contribution is 5.80. The maximum atomic E-state index is 14.9. The van der Waals surface area contributed by atoms with E-state index in [1.165, 1.54) is 24.5 Å². The van der Waals surface area contributed by atoms with E-state index in [0.717, 1.165) is 37.8 Å². The number of H-pyrrole nitrogens is 1. The number of carbonyl (C=O) groups is 1. The van der Waals surface area contributed by atoms with Crippen LogP contribution in [0.4, 0.5) is 13.2 Å². The van der Waals surface area contributed by atoms with Gasteiger partial charge in [0.25, 0.3) is 0 Å². The molecule has 4 aromatic rings. The van der Waals surface area contributed by atoms with Crippen molar-refractivity contribution in [3.8, 4) is 28.5 Å². The third-order valence-corrected chi connectivity index (χ3v) is 6.20. The Labute approximate surface area is 198 Å². The topological polar surface area (TPSA) is 101 Å². The molecule has 1 fully saturated rings. The average molecular weight is 482 g/mol. The number of benzene rings is 2. The van der Waals surface area contributed by atoms with Gasteiger partial charge in [0.05, 0.1) is 29.2 Å². The van der Waals surface area contributed by atoms with E-state index >= 15 is 0 Å². The van der Waals surface area contributed by atoms with Gasteiger partial charge in [-0.3, -0.25) is 4.79 Å². The minimum absolute atomic E-state index is 0.0426. The summed E-state index contributed by atoms with van der Waals surface area (Å²) < 4.78 is 48.2. The predicted octanol–water partition coefficient (Wildman–Crippen LogP) is 5.52. The van der Waals surface area contributed by atoms with E-state index in [1.54, 1.807) is 6.07 Å². The lowest BCUT2D eigenvalue weighted by molar-refractivity contribution is -0.138. The number of aromatic amines is 1. The minimum Gasteiger partial charge on any atom is -0.481 e. The Bertz CT molecular complexity index is 1380. The van der Waals surface area contributed by atoms with Crippen LogP contribution >= 0.6 is 0 Å². The molecular weight excluding hydrogens is 461 g/mol. The average Bonchev–Trinajstić information content (AvgIpc) is 3.24. The maximum absolute atomic E-state index is 14.9. The molecule has 0 unspecified atom stereocenters. The van der Waals surface area contributed by atoms with Gasteiger partial charge in [-0.15, -0.1) is 0 Å². The maximum Gasteiger partial charge on any atom is 0.303 e. The van der Waals surface area contributed by atoms with Gasteiger partial charge in [-0.25, -0.2) is 28.1 Å². The van der Waals surface area contributed by atoms with Crippen molar-refractivity contribution in [3.63, 3.8) is 0 Å². The smallest absolute Gasteiger partial charge is 0.303 e. The lowest BCUT2D eigenvalue weighted by Crippen LogP contribution is -2.25. The summed E-state index contributed by atoms with van der Waals surface area (Å²) in [5.74, 6) is -2.35. The van der Waals surface area contributed by atoms with E-state index < -0.39 is 23.4 Å². The zero-order valence-corrected chi connectivity index (χ0v) is 18.5. The first kappa shape index (κ1) is 22.8. The van der Waals surface area contributed by atoms with Gasteiger partial charge < -0.3 is 14.8 Å². The number of hydrogen-bond donors (Lipinski definition) is 2. The number of ether oxygens (including phenoxy) is 1. The van der Waals surface area contributed by atoms with E-state index in [9.17, 15) is 18.0 Å². The molecule has 10 heteroatoms. The highest BCUT2D eigenvalue weighted by atomic mass is 19.1. The quantitative estimate of drug-likeness (QED) is 0.376. The number of fused-ring (bicyclic) bond motifs is 1. The molecule has 0 atom stereocenters. The second kappa shape index (κ2) is 9.36. The van der Waals surface area contributed by atoms with Crippen LogP contribution in [0.15, 0.2) is 42.7 Å². The van der Waals surface area contributed by atoms with Crippen LogP contribution in [-0.4, -0.2) is 37.1 Å². The van der Waals surface area contributed by atoms with Gasteiger partial charge in [0.2, 0.25) is 5.88 Å². The highest BCUT2D eigenvalue weighted by Crippen LogP contribution is 2.30. The van der Waals surface area contributed by atoms with Crippen molar-refractivity contribution in [1.82, 2.24) is 19.9 Å². The third kappa shape index (κ3) is 4.96. The van der Waals surface area contributed by atoms with Gasteiger partial charge >= 0.3 is 5.97 Å². The largest absolute Gasteiger partial charge is 0.481 e. The van der Waals surface area contributed by atoms with Crippen molar-refractivity contribution in [2.45, 2.75) is 38.2 Å². The van der Waals surface area contributed by atoms with Crippen LogP contribution < -0.4 is 4.74 Å². The van der Waals surface area contributed by atoms with Crippen LogP contribution in [0, 0.1) is 23.4 Å². The summed E-state index contributed by atoms with van der Waals surface area (Å²) in [6, 6.07) is 6.22. The standard InChI is InChI=1S/C25H21F3N4O3/c26-15-9-19(28)24-20(10-15)31-25(32-24)17-6-3-14(8-18(17)27)21-11-30-22(12-29-21)35-16-4-1-13(2-5-16)7-23(33)34/h3,6,8-13,16H,1-2,4-5,7H2,(H,31,32)(H,33,34). The summed E-state index contributed by atoms with van der Waals surface area (Å²) in [5, 5.41) is 8.92. The molecule has 0 bridgehead atoms. The summed E-state index contributed by atoms with van der Waals surface area (Å²) in [6.45, 7) is 0. The van der Waals surface area contributed by atoms with Crippen molar-refractivity contribution < 1.29 is 27.8 Å². The Hall–Kier alpha value is -3.95. The SMILES string of the molecule is O=C(O)CC1CCC(Oc2cnc(-c3ccc(-c4nc5c(F)cc(F)cc5[nH]4)c(F)c3)cn2)CC1. The lowest BCUT2D eigenvalue weighted by atomic mass is 9.85. The summed E-state index contributed by atoms with van der Waals surface area (Å²) in [5.41, 5.74) is 1.09. The number of carboxylic acid groups (broad SMARTS) is 1. The fourth-order valence-corrected chi connectivity index (χ4v) is 4.43. The molecule has 7 nitrogen and oxygen atoms in total. The Kier molecular flexibility index (Phi) is 6.10. The van der Waals surface area contributed by atoms with Gasteiger partial charge in [0.1, 0.15) is 29.1 Å². The van der Waals surface area contributed by atoms with Crippen LogP contribution in [0.5, 0.6) is 5.88 Å². The van der Waals surface area contributed by atoms with E-state index in [4.69, 9.17) is 9.84 Å². The second-order valence-electron chi connectivity index (χ2n) is 8.66. The molecule has 2 heterocycles. The summed E-state index contributed by atoms with van der Waals surface area (Å²) >= 11 is 0. The first-order valence-corrected chi connectivity index (χ1v) is 11.2. The Morgan fingerprint density at radius 1 is 1.03 bits per heavy atom. The zero-order chi connectivity index (χ0) is 24.5. The number of rotatable bonds is 6. The van der Waals surface area contributed by atoms with Gasteiger partial charge in [-0.05, 0) is 49.8 Å². The molecule has 2 aromatic heterocycles. The number of halogens is 3. The summed E-state index contributed by atoms with van der Waals surface area (Å²) in [4.78, 5) is 26.3. The van der Waals surface area contributed by atoms with Crippen molar-refractivity contribution >= 4 is 17.0 Å². The van der Waals surface area contributed by atoms with Gasteiger partial charge in [-0.1, -0.05) is 6.07 Å². The molecule has 0 radical (unpaired) electrons. The number of imidazole rings is 1. The number of aliphatic carboxylic acids is 1. The molecule has 180 valence electrons. The molecule has 2 N–H and O–H groups in total. The molecule has 5 rings (SSSR count). The van der Waals surface area contributed by atoms with Crippen LogP contribution in [0.2, 0.25) is 0 Å². The first-order valence-electron chi connectivity index (χ1n) is 11.2. The number of hydrogen-bond acceptors (Lipinski definition) is 5. The Balaban J connectivity index is 1.28. The zero-order valence-electron chi connectivity index (χ0n) is 18.5. The number of nitrogens with zero attached hydrogens (tertiary/aromatic N) is 3. The van der Waals surface area contributed by atoms with E-state index in [1.807, 2.05) is 0 Å². The minimum atomic E-state index is -0.828. The lowest BCUT2D eigenvalue weighted by Gasteiger charge is -2.27. The van der Waals surface area contributed by atoms with Crippen LogP contribution in [0.1, 0.15) is 32.1 Å². The van der Waals surface area contributed by atoms with Gasteiger partial charge in [-0.2, -0.15) is 0 Å². The van der Waals surface area contributed by atoms with Gasteiger partial charge in [0, 0.05) is 18.1 Å². The third-order valence-electron chi connectivity index (χ3n) is 6.20. The van der Waals surface area contributed by atoms with E-state index in [0.29, 0.717) is 17.1 Å². The van der Waals surface area contributed by atoms with Crippen molar-refractivity contribution in [2.75, 3.05) is 0 Å². The number of carboxylic acids is 1. The molecule has 1 aliphatic rings. The normalized spacial score (nSPS) is 18.0.